The molecule has 2 aromatic heterocycles. The Hall–Kier alpha value is -2.64. The van der Waals surface area contributed by atoms with E-state index in [4.69, 9.17) is 0 Å². The molecule has 4 fully saturated rings. The highest BCUT2D eigenvalue weighted by atomic mass is 16.1. The van der Waals surface area contributed by atoms with Gasteiger partial charge in [0.2, 0.25) is 0 Å². The Morgan fingerprint density at radius 1 is 1.10 bits per heavy atom. The van der Waals surface area contributed by atoms with E-state index >= 15 is 0 Å². The van der Waals surface area contributed by atoms with Crippen molar-refractivity contribution in [1.82, 2.24) is 29.3 Å². The summed E-state index contributed by atoms with van der Waals surface area (Å²) < 4.78 is 3.72. The van der Waals surface area contributed by atoms with Crippen molar-refractivity contribution in [2.75, 3.05) is 39.3 Å². The fourth-order valence-electron chi connectivity index (χ4n) is 6.00. The third-order valence-electron chi connectivity index (χ3n) is 7.21. The molecule has 7 nitrogen and oxygen atoms in total. The lowest BCUT2D eigenvalue weighted by molar-refractivity contribution is 0.0181. The molecular formula is C22H26N6O. The third-order valence-corrected chi connectivity index (χ3v) is 7.21. The molecule has 0 aliphatic carbocycles. The van der Waals surface area contributed by atoms with E-state index in [1.54, 1.807) is 10.7 Å². The first kappa shape index (κ1) is 17.2. The van der Waals surface area contributed by atoms with Crippen molar-refractivity contribution in [3.63, 3.8) is 0 Å². The summed E-state index contributed by atoms with van der Waals surface area (Å²) in [6.45, 7) is 6.37. The fraction of sp³-hybridized carbons (Fsp3) is 0.455. The Morgan fingerprint density at radius 2 is 1.83 bits per heavy atom. The number of hydrogen-bond acceptors (Lipinski definition) is 4. The highest BCUT2D eigenvalue weighted by molar-refractivity contribution is 6.00. The van der Waals surface area contributed by atoms with Crippen molar-refractivity contribution >= 4 is 11.6 Å². The van der Waals surface area contributed by atoms with Crippen LogP contribution in [0.4, 0.5) is 0 Å². The Balaban J connectivity index is 1.41. The molecule has 7 rings (SSSR count). The number of fused-ring (bicyclic) bond motifs is 2. The number of hydrogen-bond donors (Lipinski definition) is 1. The molecule has 4 bridgehead atoms. The van der Waals surface area contributed by atoms with Crippen LogP contribution in [0.5, 0.6) is 0 Å². The number of nitrogens with one attached hydrogen (secondary N) is 1. The molecule has 0 saturated carbocycles. The van der Waals surface area contributed by atoms with Gasteiger partial charge in [-0.05, 0) is 5.56 Å². The number of aromatic nitrogens is 3. The minimum Gasteiger partial charge on any atom is -0.348 e. The first-order valence-electron chi connectivity index (χ1n) is 10.4. The van der Waals surface area contributed by atoms with E-state index in [1.807, 2.05) is 24.0 Å². The SMILES string of the molecule is Cn1ccn2ncc(C(=O)N[C@H]3C4CN5CCN(C4)CC3(c3ccccc3)C5)c12. The summed E-state index contributed by atoms with van der Waals surface area (Å²) in [6.07, 6.45) is 5.50. The van der Waals surface area contributed by atoms with Crippen molar-refractivity contribution in [2.24, 2.45) is 13.0 Å². The van der Waals surface area contributed by atoms with Crippen LogP contribution in [0.2, 0.25) is 0 Å². The standard InChI is InChI=1S/C22H26N6O/c1-25-7-10-28-21(25)18(11-23-28)20(29)24-19-16-12-26-8-9-27(13-16)15-22(19,14-26)17-5-3-2-4-6-17/h2-7,10-11,16,19H,8-9,12-15H2,1H3,(H,24,29)/t16?,19-,22?/m0/s1. The molecule has 0 radical (unpaired) electrons. The first-order chi connectivity index (χ1) is 14.1. The summed E-state index contributed by atoms with van der Waals surface area (Å²) in [4.78, 5) is 18.6. The lowest BCUT2D eigenvalue weighted by atomic mass is 9.64. The number of aryl methyl sites for hydroxylation is 1. The van der Waals surface area contributed by atoms with Gasteiger partial charge >= 0.3 is 0 Å². The summed E-state index contributed by atoms with van der Waals surface area (Å²) >= 11 is 0. The van der Waals surface area contributed by atoms with E-state index in [-0.39, 0.29) is 17.4 Å². The average Bonchev–Trinajstić information content (AvgIpc) is 3.21. The minimum absolute atomic E-state index is 0.0155. The average molecular weight is 390 g/mol. The van der Waals surface area contributed by atoms with E-state index in [1.165, 1.54) is 5.56 Å². The molecule has 1 N–H and O–H groups in total. The minimum atomic E-state index is -0.0743. The van der Waals surface area contributed by atoms with Gasteiger partial charge in [0.05, 0.1) is 6.20 Å². The third kappa shape index (κ3) is 2.50. The van der Waals surface area contributed by atoms with Gasteiger partial charge in [0, 0.05) is 76.1 Å². The molecule has 1 amide bonds. The molecule has 3 atom stereocenters. The number of imidazole rings is 1. The summed E-state index contributed by atoms with van der Waals surface area (Å²) in [7, 11) is 1.95. The van der Waals surface area contributed by atoms with Gasteiger partial charge in [0.15, 0.2) is 0 Å². The molecule has 3 aromatic rings. The van der Waals surface area contributed by atoms with Gasteiger partial charge in [0.25, 0.3) is 5.91 Å². The monoisotopic (exact) mass is 390 g/mol. The fourth-order valence-corrected chi connectivity index (χ4v) is 6.00. The molecule has 0 spiro atoms. The van der Waals surface area contributed by atoms with Gasteiger partial charge in [-0.25, -0.2) is 4.52 Å². The van der Waals surface area contributed by atoms with Crippen LogP contribution in [0, 0.1) is 5.92 Å². The van der Waals surface area contributed by atoms with Crippen LogP contribution < -0.4 is 5.32 Å². The Kier molecular flexibility index (Phi) is 3.67. The van der Waals surface area contributed by atoms with Gasteiger partial charge in [-0.2, -0.15) is 5.10 Å². The van der Waals surface area contributed by atoms with Crippen LogP contribution in [0.25, 0.3) is 5.65 Å². The Morgan fingerprint density at radius 3 is 2.55 bits per heavy atom. The number of amides is 1. The lowest BCUT2D eigenvalue weighted by Crippen LogP contribution is -2.70. The van der Waals surface area contributed by atoms with Crippen molar-refractivity contribution in [3.8, 4) is 0 Å². The van der Waals surface area contributed by atoms with E-state index in [2.05, 4.69) is 50.5 Å². The van der Waals surface area contributed by atoms with Crippen LogP contribution in [-0.2, 0) is 12.5 Å². The summed E-state index contributed by atoms with van der Waals surface area (Å²) in [6, 6.07) is 10.9. The predicted octanol–water partition coefficient (Wildman–Crippen LogP) is 0.970. The van der Waals surface area contributed by atoms with Crippen LogP contribution in [0.3, 0.4) is 0 Å². The highest BCUT2D eigenvalue weighted by Crippen LogP contribution is 2.43. The molecule has 6 heterocycles. The maximum absolute atomic E-state index is 13.4. The predicted molar refractivity (Wildman–Crippen MR) is 110 cm³/mol. The largest absolute Gasteiger partial charge is 0.348 e. The summed E-state index contributed by atoms with van der Waals surface area (Å²) in [5, 5.41) is 7.84. The molecule has 1 aromatic carbocycles. The second kappa shape index (κ2) is 6.18. The maximum Gasteiger partial charge on any atom is 0.256 e. The number of carbonyl (C=O) groups excluding carboxylic acids is 1. The molecule has 4 aliphatic heterocycles. The number of carbonyl (C=O) groups is 1. The summed E-state index contributed by atoms with van der Waals surface area (Å²) in [5.74, 6) is 0.418. The van der Waals surface area contributed by atoms with Gasteiger partial charge < -0.3 is 19.7 Å². The molecule has 4 aliphatic rings. The maximum atomic E-state index is 13.4. The number of benzene rings is 1. The summed E-state index contributed by atoms with van der Waals surface area (Å²) in [5.41, 5.74) is 2.75. The van der Waals surface area contributed by atoms with Crippen molar-refractivity contribution in [3.05, 3.63) is 60.0 Å². The molecule has 7 heteroatoms. The molecule has 2 unspecified atom stereocenters. The molecular weight excluding hydrogens is 364 g/mol. The van der Waals surface area contributed by atoms with E-state index in [9.17, 15) is 4.79 Å². The zero-order valence-electron chi connectivity index (χ0n) is 16.7. The second-order valence-corrected chi connectivity index (χ2v) is 8.94. The first-order valence-corrected chi connectivity index (χ1v) is 10.4. The van der Waals surface area contributed by atoms with Crippen LogP contribution in [0.15, 0.2) is 48.9 Å². The van der Waals surface area contributed by atoms with Crippen molar-refractivity contribution in [1.29, 1.82) is 0 Å². The van der Waals surface area contributed by atoms with Gasteiger partial charge in [-0.3, -0.25) is 4.79 Å². The zero-order valence-corrected chi connectivity index (χ0v) is 16.7. The molecule has 150 valence electrons. The van der Waals surface area contributed by atoms with Gasteiger partial charge in [-0.15, -0.1) is 0 Å². The number of rotatable bonds is 3. The topological polar surface area (TPSA) is 57.8 Å². The molecule has 4 saturated heterocycles. The Labute approximate surface area is 169 Å². The lowest BCUT2D eigenvalue weighted by Gasteiger charge is -2.55. The van der Waals surface area contributed by atoms with Crippen molar-refractivity contribution in [2.45, 2.75) is 11.5 Å². The quantitative estimate of drug-likeness (QED) is 0.724. The number of nitrogens with zero attached hydrogens (tertiary/aromatic N) is 5. The zero-order chi connectivity index (χ0) is 19.6. The smallest absolute Gasteiger partial charge is 0.256 e. The highest BCUT2D eigenvalue weighted by Gasteiger charge is 2.55. The van der Waals surface area contributed by atoms with Gasteiger partial charge in [-0.1, -0.05) is 30.3 Å². The van der Waals surface area contributed by atoms with E-state index in [0.717, 1.165) is 44.9 Å². The van der Waals surface area contributed by atoms with Gasteiger partial charge in [0.1, 0.15) is 11.2 Å². The van der Waals surface area contributed by atoms with Crippen LogP contribution in [-0.4, -0.2) is 75.2 Å². The molecule has 29 heavy (non-hydrogen) atoms. The van der Waals surface area contributed by atoms with Crippen LogP contribution in [0.1, 0.15) is 15.9 Å². The Bertz CT molecular complexity index is 1050. The van der Waals surface area contributed by atoms with Crippen molar-refractivity contribution < 1.29 is 4.79 Å². The van der Waals surface area contributed by atoms with E-state index < -0.39 is 0 Å². The normalized spacial score (nSPS) is 33.1. The number of piperidine rings is 2. The second-order valence-electron chi connectivity index (χ2n) is 8.94. The van der Waals surface area contributed by atoms with Crippen LogP contribution >= 0.6 is 0 Å². The van der Waals surface area contributed by atoms with E-state index in [0.29, 0.717) is 11.5 Å².